The Bertz CT molecular complexity index is 218. The molecule has 0 rings (SSSR count). The van der Waals surface area contributed by atoms with Gasteiger partial charge in [0.25, 0.3) is 0 Å². The zero-order chi connectivity index (χ0) is 17.8. The van der Waals surface area contributed by atoms with Crippen LogP contribution in [0.15, 0.2) is 5.11 Å². The van der Waals surface area contributed by atoms with Crippen molar-refractivity contribution in [1.82, 2.24) is 0 Å². The minimum atomic E-state index is 0. The summed E-state index contributed by atoms with van der Waals surface area (Å²) in [7, 11) is 0. The van der Waals surface area contributed by atoms with E-state index >= 15 is 0 Å². The molecule has 0 aliphatic rings. The Labute approximate surface area is 298 Å². The van der Waals surface area contributed by atoms with Gasteiger partial charge in [-0.25, -0.2) is 19.8 Å². The Hall–Kier alpha value is 4.97. The SMILES string of the molecule is C[C-]=O.NC[CH-]O.O=[C-]CBr.O[CH-]CBr.[N-]=[N+]=NC[CH-]O.[Y].[Y].[Y].[Y].[Y]. The maximum Gasteiger partial charge on any atom is 0 e. The Kier molecular flexibility index (Phi) is 240. The first-order chi connectivity index (χ1) is 10.1. The molecule has 0 aromatic rings. The third kappa shape index (κ3) is 188. The monoisotopic (exact) mass is 878 g/mol. The molecule has 5 N–H and O–H groups in total. The molecule has 0 spiro atoms. The van der Waals surface area contributed by atoms with Crippen LogP contribution < -0.4 is 5.73 Å². The summed E-state index contributed by atoms with van der Waals surface area (Å²) in [6.45, 7) is 4.36. The number of aliphatic hydroxyl groups excluding tert-OH is 3. The Morgan fingerprint density at radius 1 is 1.04 bits per heavy atom. The third-order valence-electron chi connectivity index (χ3n) is 0.456. The maximum absolute atomic E-state index is 9.00. The molecule has 0 aliphatic heterocycles. The first-order valence-electron chi connectivity index (χ1n) is 4.92. The predicted molar refractivity (Wildman–Crippen MR) is 86.4 cm³/mol. The van der Waals surface area contributed by atoms with E-state index < -0.39 is 0 Å². The number of carbonyl (C=O) groups excluding carboxylic acids is 2. The number of nitrogens with zero attached hydrogens (tertiary/aromatic N) is 3. The molecule has 5 radical (unpaired) electrons. The molecule has 0 aliphatic carbocycles. The first-order valence-corrected chi connectivity index (χ1v) is 7.16. The van der Waals surface area contributed by atoms with E-state index in [0.717, 1.165) is 19.8 Å². The minimum absolute atomic E-state index is 0. The second kappa shape index (κ2) is 98.6. The van der Waals surface area contributed by atoms with Crippen LogP contribution in [0.2, 0.25) is 0 Å². The number of rotatable bonds is 5. The number of azide groups is 1. The standard InChI is InChI=1S/C2H4BrO.C2H2BrO.C2H4N3O.C2H6NO.C2H3O.5Y/c2*3-1-2-4;3-5-4-1-2-6;3-1-2-4;1-2-3;;;;;/h2,4H,1H2;1H2;2,6H,1H2;2,4H,1,3H2;1H3;;;;;/q5*-1;;;;;. The van der Waals surface area contributed by atoms with Crippen molar-refractivity contribution >= 4 is 44.4 Å². The number of alkyl halides is 2. The fourth-order valence-corrected chi connectivity index (χ4v) is 0.0730. The van der Waals surface area contributed by atoms with E-state index in [-0.39, 0.29) is 177 Å². The van der Waals surface area contributed by atoms with E-state index in [9.17, 15) is 0 Å². The Morgan fingerprint density at radius 3 is 1.35 bits per heavy atom. The van der Waals surface area contributed by atoms with E-state index in [0.29, 0.717) is 10.7 Å². The normalized spacial score (nSPS) is 5.35. The van der Waals surface area contributed by atoms with Crippen molar-refractivity contribution in [3.05, 3.63) is 30.3 Å². The average Bonchev–Trinajstić information content (AvgIpc) is 2.54. The van der Waals surface area contributed by atoms with Gasteiger partial charge < -0.3 is 30.6 Å². The second-order valence-corrected chi connectivity index (χ2v) is 3.04. The van der Waals surface area contributed by atoms with E-state index in [2.05, 4.69) is 41.9 Å². The average molecular weight is 880 g/mol. The van der Waals surface area contributed by atoms with Gasteiger partial charge in [0, 0.05) is 164 Å². The van der Waals surface area contributed by atoms with Gasteiger partial charge in [0.2, 0.25) is 0 Å². The smallest absolute Gasteiger partial charge is 0 e. The fraction of sp³-hybridized carbons (Fsp3) is 0.500. The number of hydrogen-bond donors (Lipinski definition) is 4. The van der Waals surface area contributed by atoms with E-state index in [4.69, 9.17) is 36.2 Å². The van der Waals surface area contributed by atoms with Crippen molar-refractivity contribution < 1.29 is 188 Å². The number of hydrogen-bond acceptors (Lipinski definition) is 7. The first kappa shape index (κ1) is 63.3. The van der Waals surface area contributed by atoms with Crippen molar-refractivity contribution in [3.63, 3.8) is 0 Å². The number of aliphatic hydroxyl groups is 3. The summed E-state index contributed by atoms with van der Waals surface area (Å²) >= 11 is 5.77. The molecule has 0 saturated heterocycles. The Balaban J connectivity index is -0.0000000149. The van der Waals surface area contributed by atoms with Crippen molar-refractivity contribution in [2.75, 3.05) is 23.7 Å². The minimum Gasteiger partial charge on any atom is -0.566 e. The molecule has 0 saturated carbocycles. The van der Waals surface area contributed by atoms with Gasteiger partial charge in [-0.15, -0.1) is 43.5 Å². The predicted octanol–water partition coefficient (Wildman–Crippen LogP) is 1.82. The van der Waals surface area contributed by atoms with E-state index in [1.807, 2.05) is 0 Å². The summed E-state index contributed by atoms with van der Waals surface area (Å²) < 4.78 is 0. The van der Waals surface area contributed by atoms with Gasteiger partial charge in [0.1, 0.15) is 0 Å². The van der Waals surface area contributed by atoms with Crippen LogP contribution in [-0.2, 0) is 173 Å². The van der Waals surface area contributed by atoms with Crippen LogP contribution in [-0.4, -0.2) is 51.6 Å². The molecule has 9 nitrogen and oxygen atoms in total. The molecule has 0 unspecified atom stereocenters. The topological polar surface area (TPSA) is 170 Å². The van der Waals surface area contributed by atoms with Gasteiger partial charge in [-0.3, -0.25) is 12.6 Å². The van der Waals surface area contributed by atoms with Crippen LogP contribution >= 0.6 is 31.9 Å². The van der Waals surface area contributed by atoms with Gasteiger partial charge in [0.15, 0.2) is 0 Å². The summed E-state index contributed by atoms with van der Waals surface area (Å²) in [6.07, 6.45) is 3.10. The summed E-state index contributed by atoms with van der Waals surface area (Å²) in [5.41, 5.74) is 12.2. The van der Waals surface area contributed by atoms with Crippen molar-refractivity contribution in [2.24, 2.45) is 10.8 Å². The molecule has 0 aromatic carbocycles. The molecule has 0 bridgehead atoms. The third-order valence-corrected chi connectivity index (χ3v) is 0.974. The van der Waals surface area contributed by atoms with Gasteiger partial charge in [0.05, 0.1) is 0 Å². The molecule has 16 heteroatoms. The molecule has 0 amide bonds. The molecule has 0 heterocycles. The quantitative estimate of drug-likeness (QED) is 0.108. The maximum atomic E-state index is 9.00. The summed E-state index contributed by atoms with van der Waals surface area (Å²) in [5.74, 6) is 0. The van der Waals surface area contributed by atoms with E-state index in [1.54, 1.807) is 6.29 Å². The van der Waals surface area contributed by atoms with Crippen LogP contribution in [0, 0.1) is 19.8 Å². The largest absolute Gasteiger partial charge is 0.566 e. The molecule has 143 valence electrons. The number of nitrogens with two attached hydrogens (primary N) is 1. The second-order valence-electron chi connectivity index (χ2n) is 1.83. The van der Waals surface area contributed by atoms with Gasteiger partial charge in [-0.2, -0.15) is 6.92 Å². The van der Waals surface area contributed by atoms with Crippen molar-refractivity contribution in [1.29, 1.82) is 0 Å². The fourth-order valence-electron chi connectivity index (χ4n) is 0.0730. The molecular formula is C10H19Br2N4O5Y5-5. The molecule has 0 aromatic heterocycles. The Morgan fingerprint density at radius 2 is 1.31 bits per heavy atom. The van der Waals surface area contributed by atoms with Gasteiger partial charge in [-0.1, -0.05) is 17.2 Å². The van der Waals surface area contributed by atoms with Crippen LogP contribution in [0.25, 0.3) is 10.4 Å². The van der Waals surface area contributed by atoms with E-state index in [1.165, 1.54) is 13.2 Å². The zero-order valence-electron chi connectivity index (χ0n) is 14.3. The molecule has 26 heavy (non-hydrogen) atoms. The van der Waals surface area contributed by atoms with Crippen LogP contribution in [0.3, 0.4) is 0 Å². The molecule has 0 fully saturated rings. The summed E-state index contributed by atoms with van der Waals surface area (Å²) in [4.78, 5) is 20.0. The molecule has 0 atom stereocenters. The van der Waals surface area contributed by atoms with Gasteiger partial charge >= 0.3 is 0 Å². The molecular weight excluding hydrogens is 860 g/mol. The van der Waals surface area contributed by atoms with Crippen molar-refractivity contribution in [2.45, 2.75) is 6.92 Å². The zero-order valence-corrected chi connectivity index (χ0v) is 31.6. The van der Waals surface area contributed by atoms with Crippen LogP contribution in [0.4, 0.5) is 0 Å². The van der Waals surface area contributed by atoms with Crippen LogP contribution in [0.1, 0.15) is 6.92 Å². The summed E-state index contributed by atoms with van der Waals surface area (Å²) in [6, 6.07) is 0. The van der Waals surface area contributed by atoms with Crippen molar-refractivity contribution in [3.8, 4) is 0 Å². The summed E-state index contributed by atoms with van der Waals surface area (Å²) in [5, 5.41) is 27.0. The van der Waals surface area contributed by atoms with Gasteiger partial charge in [-0.05, 0) is 10.4 Å². The number of halogens is 2. The van der Waals surface area contributed by atoms with Crippen LogP contribution in [0.5, 0.6) is 0 Å².